The lowest BCUT2D eigenvalue weighted by Crippen LogP contribution is -2.04. The second kappa shape index (κ2) is 5.00. The van der Waals surface area contributed by atoms with Crippen LogP contribution in [0.2, 0.25) is 0 Å². The van der Waals surface area contributed by atoms with Crippen LogP contribution in [0.15, 0.2) is 30.6 Å². The quantitative estimate of drug-likeness (QED) is 0.781. The highest BCUT2D eigenvalue weighted by molar-refractivity contribution is 5.75. The van der Waals surface area contributed by atoms with Crippen LogP contribution in [-0.2, 0) is 0 Å². The zero-order valence-electron chi connectivity index (χ0n) is 10.1. The fraction of sp³-hybridized carbons (Fsp3) is 0.231. The number of nitrogens with zero attached hydrogens (tertiary/aromatic N) is 2. The Labute approximate surface area is 104 Å². The Kier molecular flexibility index (Phi) is 3.41. The summed E-state index contributed by atoms with van der Waals surface area (Å²) >= 11 is 0. The van der Waals surface area contributed by atoms with Gasteiger partial charge in [0.05, 0.1) is 24.2 Å². The van der Waals surface area contributed by atoms with Crippen molar-refractivity contribution in [2.45, 2.75) is 20.0 Å². The maximum Gasteiger partial charge on any atom is 0.158 e. The van der Waals surface area contributed by atoms with Crippen LogP contribution < -0.4 is 4.74 Å². The molecule has 0 aliphatic carbocycles. The minimum atomic E-state index is -0.476. The standard InChI is InChI=1S/C13H13FN2O2/c1-9(2)18-13-6-15-16(7-13)12-4-10(8-17)3-11(14)5-12/h3-9H,1-2H3. The first kappa shape index (κ1) is 12.3. The van der Waals surface area contributed by atoms with Crippen molar-refractivity contribution in [2.24, 2.45) is 0 Å². The Balaban J connectivity index is 2.33. The Morgan fingerprint density at radius 3 is 2.83 bits per heavy atom. The summed E-state index contributed by atoms with van der Waals surface area (Å²) in [6.45, 7) is 3.81. The largest absolute Gasteiger partial charge is 0.488 e. The van der Waals surface area contributed by atoms with Gasteiger partial charge in [-0.2, -0.15) is 5.10 Å². The molecule has 0 saturated carbocycles. The molecule has 0 bridgehead atoms. The second-order valence-electron chi connectivity index (χ2n) is 4.15. The maximum atomic E-state index is 13.3. The molecule has 2 aromatic rings. The molecule has 0 N–H and O–H groups in total. The van der Waals surface area contributed by atoms with Crippen molar-refractivity contribution in [2.75, 3.05) is 0 Å². The first-order valence-corrected chi connectivity index (χ1v) is 5.56. The highest BCUT2D eigenvalue weighted by atomic mass is 19.1. The number of carbonyl (C=O) groups excluding carboxylic acids is 1. The van der Waals surface area contributed by atoms with E-state index in [1.165, 1.54) is 16.8 Å². The molecule has 0 saturated heterocycles. The predicted octanol–water partition coefficient (Wildman–Crippen LogP) is 2.61. The average molecular weight is 248 g/mol. The second-order valence-corrected chi connectivity index (χ2v) is 4.15. The number of carbonyl (C=O) groups is 1. The van der Waals surface area contributed by atoms with E-state index < -0.39 is 5.82 Å². The molecule has 2 rings (SSSR count). The fourth-order valence-electron chi connectivity index (χ4n) is 1.58. The van der Waals surface area contributed by atoms with Gasteiger partial charge in [0.25, 0.3) is 0 Å². The lowest BCUT2D eigenvalue weighted by molar-refractivity contribution is 0.112. The normalized spacial score (nSPS) is 10.7. The number of aldehydes is 1. The minimum absolute atomic E-state index is 0.0423. The summed E-state index contributed by atoms with van der Waals surface area (Å²) in [5.41, 5.74) is 0.752. The Morgan fingerprint density at radius 1 is 1.39 bits per heavy atom. The maximum absolute atomic E-state index is 13.3. The Hall–Kier alpha value is -2.17. The van der Waals surface area contributed by atoms with Crippen LogP contribution in [0.3, 0.4) is 0 Å². The van der Waals surface area contributed by atoms with Gasteiger partial charge in [0, 0.05) is 5.56 Å². The molecule has 0 fully saturated rings. The molecule has 5 heteroatoms. The molecule has 18 heavy (non-hydrogen) atoms. The summed E-state index contributed by atoms with van der Waals surface area (Å²) in [6, 6.07) is 4.03. The molecule has 94 valence electrons. The van der Waals surface area contributed by atoms with Crippen molar-refractivity contribution in [1.29, 1.82) is 0 Å². The topological polar surface area (TPSA) is 44.1 Å². The van der Waals surface area contributed by atoms with Gasteiger partial charge in [-0.25, -0.2) is 9.07 Å². The fourth-order valence-corrected chi connectivity index (χ4v) is 1.58. The molecule has 0 radical (unpaired) electrons. The van der Waals surface area contributed by atoms with Gasteiger partial charge < -0.3 is 4.74 Å². The van der Waals surface area contributed by atoms with Crippen LogP contribution in [0.4, 0.5) is 4.39 Å². The van der Waals surface area contributed by atoms with Crippen molar-refractivity contribution < 1.29 is 13.9 Å². The van der Waals surface area contributed by atoms with Gasteiger partial charge in [0.15, 0.2) is 5.75 Å². The molecule has 0 spiro atoms. The van der Waals surface area contributed by atoms with Crippen LogP contribution in [0.1, 0.15) is 24.2 Å². The summed E-state index contributed by atoms with van der Waals surface area (Å²) in [7, 11) is 0. The van der Waals surface area contributed by atoms with E-state index in [4.69, 9.17) is 4.74 Å². The highest BCUT2D eigenvalue weighted by Gasteiger charge is 2.06. The van der Waals surface area contributed by atoms with Gasteiger partial charge in [-0.05, 0) is 32.0 Å². The van der Waals surface area contributed by atoms with E-state index >= 15 is 0 Å². The van der Waals surface area contributed by atoms with Crippen molar-refractivity contribution >= 4 is 6.29 Å². The number of ether oxygens (including phenoxy) is 1. The SMILES string of the molecule is CC(C)Oc1cnn(-c2cc(F)cc(C=O)c2)c1. The summed E-state index contributed by atoms with van der Waals surface area (Å²) < 4.78 is 20.2. The zero-order valence-corrected chi connectivity index (χ0v) is 10.1. The molecule has 1 heterocycles. The monoisotopic (exact) mass is 248 g/mol. The van der Waals surface area contributed by atoms with E-state index in [9.17, 15) is 9.18 Å². The van der Waals surface area contributed by atoms with E-state index in [2.05, 4.69) is 5.10 Å². The van der Waals surface area contributed by atoms with Crippen LogP contribution in [0.25, 0.3) is 5.69 Å². The number of hydrogen-bond acceptors (Lipinski definition) is 3. The van der Waals surface area contributed by atoms with Crippen molar-refractivity contribution in [3.8, 4) is 11.4 Å². The van der Waals surface area contributed by atoms with Crippen LogP contribution in [-0.4, -0.2) is 22.2 Å². The highest BCUT2D eigenvalue weighted by Crippen LogP contribution is 2.17. The first-order valence-electron chi connectivity index (χ1n) is 5.56. The third-order valence-corrected chi connectivity index (χ3v) is 2.24. The van der Waals surface area contributed by atoms with Gasteiger partial charge >= 0.3 is 0 Å². The summed E-state index contributed by atoms with van der Waals surface area (Å²) in [4.78, 5) is 10.7. The van der Waals surface area contributed by atoms with Gasteiger partial charge in [0.2, 0.25) is 0 Å². The predicted molar refractivity (Wildman–Crippen MR) is 64.7 cm³/mol. The Morgan fingerprint density at radius 2 is 2.17 bits per heavy atom. The number of aromatic nitrogens is 2. The molecule has 0 amide bonds. The summed E-state index contributed by atoms with van der Waals surface area (Å²) in [6.07, 6.45) is 3.83. The smallest absolute Gasteiger partial charge is 0.158 e. The average Bonchev–Trinajstić information content (AvgIpc) is 2.75. The lowest BCUT2D eigenvalue weighted by Gasteiger charge is -2.06. The molecular formula is C13H13FN2O2. The van der Waals surface area contributed by atoms with E-state index in [1.54, 1.807) is 18.5 Å². The number of hydrogen-bond donors (Lipinski definition) is 0. The lowest BCUT2D eigenvalue weighted by atomic mass is 10.2. The number of benzene rings is 1. The molecule has 1 aromatic carbocycles. The van der Waals surface area contributed by atoms with Crippen LogP contribution in [0.5, 0.6) is 5.75 Å². The summed E-state index contributed by atoms with van der Waals surface area (Å²) in [5.74, 6) is 0.123. The van der Waals surface area contributed by atoms with Crippen molar-refractivity contribution in [1.82, 2.24) is 9.78 Å². The molecular weight excluding hydrogens is 235 g/mol. The van der Waals surface area contributed by atoms with Gasteiger partial charge in [-0.1, -0.05) is 0 Å². The third-order valence-electron chi connectivity index (χ3n) is 2.24. The van der Waals surface area contributed by atoms with Gasteiger partial charge in [-0.3, -0.25) is 4.79 Å². The first-order chi connectivity index (χ1) is 8.58. The minimum Gasteiger partial charge on any atom is -0.488 e. The molecule has 0 aliphatic heterocycles. The zero-order chi connectivity index (χ0) is 13.1. The summed E-state index contributed by atoms with van der Waals surface area (Å²) in [5, 5.41) is 4.07. The third kappa shape index (κ3) is 2.74. The van der Waals surface area contributed by atoms with Gasteiger partial charge in [0.1, 0.15) is 12.1 Å². The van der Waals surface area contributed by atoms with Crippen LogP contribution >= 0.6 is 0 Å². The number of halogens is 1. The van der Waals surface area contributed by atoms with E-state index in [1.807, 2.05) is 13.8 Å². The molecule has 0 unspecified atom stereocenters. The van der Waals surface area contributed by atoms with Crippen molar-refractivity contribution in [3.05, 3.63) is 42.0 Å². The molecule has 0 aliphatic rings. The molecule has 0 atom stereocenters. The van der Waals surface area contributed by atoms with E-state index in [0.717, 1.165) is 0 Å². The number of rotatable bonds is 4. The Bertz CT molecular complexity index is 564. The van der Waals surface area contributed by atoms with Crippen molar-refractivity contribution in [3.63, 3.8) is 0 Å². The van der Waals surface area contributed by atoms with E-state index in [0.29, 0.717) is 17.7 Å². The van der Waals surface area contributed by atoms with E-state index in [-0.39, 0.29) is 11.7 Å². The molecule has 1 aromatic heterocycles. The molecule has 4 nitrogen and oxygen atoms in total. The van der Waals surface area contributed by atoms with Gasteiger partial charge in [-0.15, -0.1) is 0 Å². The van der Waals surface area contributed by atoms with Crippen LogP contribution in [0, 0.1) is 5.82 Å².